The van der Waals surface area contributed by atoms with Gasteiger partial charge in [0.25, 0.3) is 5.91 Å². The molecule has 7 heteroatoms. The van der Waals surface area contributed by atoms with Gasteiger partial charge in [0.05, 0.1) is 6.61 Å². The van der Waals surface area contributed by atoms with Gasteiger partial charge in [-0.15, -0.1) is 0 Å². The molecule has 0 saturated carbocycles. The average Bonchev–Trinajstić information content (AvgIpc) is 2.30. The number of nitrogens with one attached hydrogen (secondary N) is 1. The van der Waals surface area contributed by atoms with Crippen molar-refractivity contribution >= 4 is 21.8 Å². The topological polar surface area (TPSA) is 73.6 Å². The van der Waals surface area contributed by atoms with Gasteiger partial charge in [-0.25, -0.2) is 10.2 Å². The van der Waals surface area contributed by atoms with Gasteiger partial charge in [0.2, 0.25) is 6.10 Å². The van der Waals surface area contributed by atoms with E-state index in [0.717, 1.165) is 0 Å². The molecule has 1 unspecified atom stereocenters. The Kier molecular flexibility index (Phi) is 5.33. The van der Waals surface area contributed by atoms with Crippen LogP contribution < -0.4 is 16.0 Å². The summed E-state index contributed by atoms with van der Waals surface area (Å²) in [6.07, 6.45) is -0.999. The zero-order valence-electron chi connectivity index (χ0n) is 9.07. The van der Waals surface area contributed by atoms with Gasteiger partial charge >= 0.3 is 0 Å². The van der Waals surface area contributed by atoms with Crippen molar-refractivity contribution in [1.29, 1.82) is 0 Å². The molecule has 94 valence electrons. The highest BCUT2D eigenvalue weighted by atomic mass is 79.9. The van der Waals surface area contributed by atoms with Crippen molar-refractivity contribution in [2.24, 2.45) is 5.84 Å². The quantitative estimate of drug-likeness (QED) is 0.483. The molecule has 0 heterocycles. The molecular formula is C10H12BrFN2O3. The number of halogens is 2. The molecule has 1 rings (SSSR count). The molecule has 0 bridgehead atoms. The number of rotatable bonds is 5. The number of carbonyl (C=O) groups is 1. The predicted octanol–water partition coefficient (Wildman–Crippen LogP) is 0.972. The van der Waals surface area contributed by atoms with Crippen molar-refractivity contribution < 1.29 is 18.7 Å². The van der Waals surface area contributed by atoms with Crippen LogP contribution in [0, 0.1) is 5.82 Å². The number of nitrogens with two attached hydrogens (primary N) is 1. The highest BCUT2D eigenvalue weighted by Crippen LogP contribution is 2.22. The summed E-state index contributed by atoms with van der Waals surface area (Å²) >= 11 is 3.12. The first-order chi connectivity index (χ1) is 8.08. The highest BCUT2D eigenvalue weighted by molar-refractivity contribution is 9.10. The van der Waals surface area contributed by atoms with E-state index in [-0.39, 0.29) is 12.4 Å². The van der Waals surface area contributed by atoms with Crippen molar-refractivity contribution in [3.63, 3.8) is 0 Å². The second-order valence-electron chi connectivity index (χ2n) is 3.15. The molecule has 0 aliphatic rings. The number of hydrazine groups is 1. The van der Waals surface area contributed by atoms with Crippen molar-refractivity contribution in [1.82, 2.24) is 5.43 Å². The fourth-order valence-electron chi connectivity index (χ4n) is 1.13. The van der Waals surface area contributed by atoms with Crippen LogP contribution in [0.1, 0.15) is 0 Å². The first-order valence-corrected chi connectivity index (χ1v) is 5.49. The smallest absolute Gasteiger partial charge is 0.277 e. The molecule has 5 nitrogen and oxygen atoms in total. The van der Waals surface area contributed by atoms with Gasteiger partial charge in [-0.3, -0.25) is 10.2 Å². The van der Waals surface area contributed by atoms with E-state index in [4.69, 9.17) is 15.3 Å². The first-order valence-electron chi connectivity index (χ1n) is 4.69. The number of ether oxygens (including phenoxy) is 2. The van der Waals surface area contributed by atoms with E-state index in [2.05, 4.69) is 15.9 Å². The van der Waals surface area contributed by atoms with E-state index in [1.807, 2.05) is 5.43 Å². The molecule has 17 heavy (non-hydrogen) atoms. The van der Waals surface area contributed by atoms with Gasteiger partial charge in [-0.1, -0.05) is 15.9 Å². The number of amides is 1. The minimum atomic E-state index is -0.999. The van der Waals surface area contributed by atoms with Crippen LogP contribution in [0.25, 0.3) is 0 Å². The van der Waals surface area contributed by atoms with E-state index in [1.165, 1.54) is 19.2 Å². The molecule has 3 N–H and O–H groups in total. The van der Waals surface area contributed by atoms with Crippen molar-refractivity contribution in [2.75, 3.05) is 13.7 Å². The standard InChI is InChI=1S/C10H12BrFN2O3/c1-16-5-9(10(15)14-13)17-8-3-2-6(11)4-7(8)12/h2-4,9H,5,13H2,1H3,(H,14,15). The third-order valence-electron chi connectivity index (χ3n) is 1.92. The van der Waals surface area contributed by atoms with Crippen LogP contribution in [0.2, 0.25) is 0 Å². The van der Waals surface area contributed by atoms with Crippen molar-refractivity contribution in [3.8, 4) is 5.75 Å². The maximum Gasteiger partial charge on any atom is 0.277 e. The molecule has 0 saturated heterocycles. The normalized spacial score (nSPS) is 12.0. The van der Waals surface area contributed by atoms with Gasteiger partial charge < -0.3 is 9.47 Å². The zero-order chi connectivity index (χ0) is 12.8. The highest BCUT2D eigenvalue weighted by Gasteiger charge is 2.20. The Balaban J connectivity index is 2.82. The largest absolute Gasteiger partial charge is 0.475 e. The predicted molar refractivity (Wildman–Crippen MR) is 62.7 cm³/mol. The lowest BCUT2D eigenvalue weighted by Gasteiger charge is -2.17. The maximum absolute atomic E-state index is 13.5. The fraction of sp³-hybridized carbons (Fsp3) is 0.300. The minimum Gasteiger partial charge on any atom is -0.475 e. The van der Waals surface area contributed by atoms with E-state index < -0.39 is 17.8 Å². The number of hydrogen-bond acceptors (Lipinski definition) is 4. The Bertz CT molecular complexity index is 403. The molecule has 0 fully saturated rings. The Labute approximate surface area is 106 Å². The lowest BCUT2D eigenvalue weighted by atomic mass is 10.3. The van der Waals surface area contributed by atoms with Crippen molar-refractivity contribution in [2.45, 2.75) is 6.10 Å². The third-order valence-corrected chi connectivity index (χ3v) is 2.41. The van der Waals surface area contributed by atoms with Crippen LogP contribution in [0.4, 0.5) is 4.39 Å². The van der Waals surface area contributed by atoms with E-state index in [1.54, 1.807) is 6.07 Å². The lowest BCUT2D eigenvalue weighted by Crippen LogP contribution is -2.44. The van der Waals surface area contributed by atoms with E-state index in [9.17, 15) is 9.18 Å². The summed E-state index contributed by atoms with van der Waals surface area (Å²) in [7, 11) is 1.40. The number of hydrogen-bond donors (Lipinski definition) is 2. The number of methoxy groups -OCH3 is 1. The molecule has 0 radical (unpaired) electrons. The average molecular weight is 307 g/mol. The van der Waals surface area contributed by atoms with Crippen LogP contribution in [-0.4, -0.2) is 25.7 Å². The fourth-order valence-corrected chi connectivity index (χ4v) is 1.46. The van der Waals surface area contributed by atoms with Crippen LogP contribution >= 0.6 is 15.9 Å². The summed E-state index contributed by atoms with van der Waals surface area (Å²) < 4.78 is 24.0. The Morgan fingerprint density at radius 2 is 2.35 bits per heavy atom. The summed E-state index contributed by atoms with van der Waals surface area (Å²) in [5.41, 5.74) is 1.93. The molecule has 1 atom stereocenters. The summed E-state index contributed by atoms with van der Waals surface area (Å²) in [5.74, 6) is 3.77. The molecule has 1 aromatic rings. The second-order valence-corrected chi connectivity index (χ2v) is 4.06. The molecule has 0 aliphatic carbocycles. The summed E-state index contributed by atoms with van der Waals surface area (Å²) in [6.45, 7) is -0.0292. The molecule has 0 spiro atoms. The summed E-state index contributed by atoms with van der Waals surface area (Å²) in [5, 5.41) is 0. The first kappa shape index (κ1) is 13.9. The van der Waals surface area contributed by atoms with Crippen molar-refractivity contribution in [3.05, 3.63) is 28.5 Å². The van der Waals surface area contributed by atoms with Crippen LogP contribution in [0.15, 0.2) is 22.7 Å². The number of carbonyl (C=O) groups excluding carboxylic acids is 1. The molecule has 0 aromatic heterocycles. The summed E-state index contributed by atoms with van der Waals surface area (Å²) in [6, 6.07) is 4.24. The molecule has 1 amide bonds. The maximum atomic E-state index is 13.5. The van der Waals surface area contributed by atoms with Gasteiger partial charge in [0.15, 0.2) is 11.6 Å². The lowest BCUT2D eigenvalue weighted by molar-refractivity contribution is -0.130. The molecular weight excluding hydrogens is 295 g/mol. The molecule has 1 aromatic carbocycles. The van der Waals surface area contributed by atoms with Gasteiger partial charge in [-0.2, -0.15) is 0 Å². The van der Waals surface area contributed by atoms with E-state index >= 15 is 0 Å². The Morgan fingerprint density at radius 3 is 2.88 bits per heavy atom. The second kappa shape index (κ2) is 6.53. The van der Waals surface area contributed by atoms with E-state index in [0.29, 0.717) is 4.47 Å². The number of benzene rings is 1. The monoisotopic (exact) mass is 306 g/mol. The van der Waals surface area contributed by atoms with Crippen LogP contribution in [0.5, 0.6) is 5.75 Å². The third kappa shape index (κ3) is 3.95. The van der Waals surface area contributed by atoms with Gasteiger partial charge in [-0.05, 0) is 18.2 Å². The molecule has 0 aliphatic heterocycles. The van der Waals surface area contributed by atoms with Gasteiger partial charge in [0.1, 0.15) is 0 Å². The Morgan fingerprint density at radius 1 is 1.65 bits per heavy atom. The summed E-state index contributed by atoms with van der Waals surface area (Å²) in [4.78, 5) is 11.3. The van der Waals surface area contributed by atoms with Crippen LogP contribution in [-0.2, 0) is 9.53 Å². The SMILES string of the molecule is COCC(Oc1ccc(Br)cc1F)C(=O)NN. The Hall–Kier alpha value is -1.18. The van der Waals surface area contributed by atoms with Crippen LogP contribution in [0.3, 0.4) is 0 Å². The minimum absolute atomic E-state index is 0.0292. The zero-order valence-corrected chi connectivity index (χ0v) is 10.7. The van der Waals surface area contributed by atoms with Gasteiger partial charge in [0, 0.05) is 11.6 Å².